The van der Waals surface area contributed by atoms with E-state index in [9.17, 15) is 8.78 Å². The molecule has 1 aliphatic rings. The fourth-order valence-electron chi connectivity index (χ4n) is 3.42. The Bertz CT molecular complexity index is 587. The molecule has 1 aromatic rings. The van der Waals surface area contributed by atoms with Crippen LogP contribution in [-0.4, -0.2) is 0 Å². The number of halogens is 2. The molecule has 0 saturated heterocycles. The summed E-state index contributed by atoms with van der Waals surface area (Å²) < 4.78 is 25.5. The molecule has 1 aliphatic carbocycles. The Morgan fingerprint density at radius 3 is 2.50 bits per heavy atom. The predicted molar refractivity (Wildman–Crippen MR) is 93.3 cm³/mol. The van der Waals surface area contributed by atoms with Gasteiger partial charge in [0.05, 0.1) is 0 Å². The number of hydrogen-bond acceptors (Lipinski definition) is 1. The van der Waals surface area contributed by atoms with Crippen LogP contribution < -0.4 is 0 Å². The van der Waals surface area contributed by atoms with Crippen molar-refractivity contribution < 1.29 is 8.78 Å². The van der Waals surface area contributed by atoms with Gasteiger partial charge in [0.2, 0.25) is 0 Å². The van der Waals surface area contributed by atoms with Gasteiger partial charge in [-0.15, -0.1) is 0 Å². The molecule has 0 spiro atoms. The van der Waals surface area contributed by atoms with E-state index in [2.05, 4.69) is 0 Å². The highest BCUT2D eigenvalue weighted by atomic mass is 19.1. The van der Waals surface area contributed by atoms with Crippen LogP contribution in [0.1, 0.15) is 50.5 Å². The van der Waals surface area contributed by atoms with Crippen molar-refractivity contribution in [1.82, 2.24) is 0 Å². The van der Waals surface area contributed by atoms with E-state index in [0.29, 0.717) is 5.92 Å². The van der Waals surface area contributed by atoms with Gasteiger partial charge in [0.15, 0.2) is 5.83 Å². The summed E-state index contributed by atoms with van der Waals surface area (Å²) in [6.45, 7) is 0. The summed E-state index contributed by atoms with van der Waals surface area (Å²) in [7, 11) is 0. The number of hydrogen-bond donors (Lipinski definition) is 0. The lowest BCUT2D eigenvalue weighted by atomic mass is 9.79. The minimum Gasteiger partial charge on any atom is -0.207 e. The number of unbranched alkanes of at least 4 members (excludes halogenated alkanes) is 1. The van der Waals surface area contributed by atoms with Crippen LogP contribution in [0.25, 0.3) is 0 Å². The Labute approximate surface area is 143 Å². The van der Waals surface area contributed by atoms with Crippen LogP contribution in [0.5, 0.6) is 0 Å². The quantitative estimate of drug-likeness (QED) is 0.328. The van der Waals surface area contributed by atoms with Crippen LogP contribution >= 0.6 is 0 Å². The maximum atomic E-state index is 12.8. The predicted octanol–water partition coefficient (Wildman–Crippen LogP) is 6.28. The summed E-state index contributed by atoms with van der Waals surface area (Å²) in [4.78, 5) is 0. The maximum absolute atomic E-state index is 12.8. The van der Waals surface area contributed by atoms with Gasteiger partial charge in [-0.05, 0) is 74.1 Å². The van der Waals surface area contributed by atoms with E-state index in [-0.39, 0.29) is 5.82 Å². The molecule has 0 N–H and O–H groups in total. The SMILES string of the molecule is N#CC(F)=CC=CC1CCC(CCCCc2ccc(F)cc2)CC1. The number of nitriles is 1. The largest absolute Gasteiger partial charge is 0.207 e. The van der Waals surface area contributed by atoms with E-state index < -0.39 is 5.83 Å². The first-order valence-electron chi connectivity index (χ1n) is 8.86. The number of rotatable bonds is 7. The van der Waals surface area contributed by atoms with Gasteiger partial charge in [-0.1, -0.05) is 37.1 Å². The van der Waals surface area contributed by atoms with Crippen LogP contribution in [0, 0.1) is 29.0 Å². The smallest absolute Gasteiger partial charge is 0.199 e. The van der Waals surface area contributed by atoms with E-state index in [1.165, 1.54) is 55.5 Å². The number of nitrogens with zero attached hydrogens (tertiary/aromatic N) is 1. The van der Waals surface area contributed by atoms with Crippen molar-refractivity contribution in [1.29, 1.82) is 5.26 Å². The van der Waals surface area contributed by atoms with Crippen LogP contribution in [0.3, 0.4) is 0 Å². The molecule has 1 fully saturated rings. The Morgan fingerprint density at radius 2 is 1.83 bits per heavy atom. The molecule has 0 aromatic heterocycles. The van der Waals surface area contributed by atoms with Crippen molar-refractivity contribution in [2.24, 2.45) is 11.8 Å². The highest BCUT2D eigenvalue weighted by molar-refractivity contribution is 5.19. The van der Waals surface area contributed by atoms with E-state index >= 15 is 0 Å². The molecule has 2 rings (SSSR count). The van der Waals surface area contributed by atoms with Crippen molar-refractivity contribution in [2.75, 3.05) is 0 Å². The van der Waals surface area contributed by atoms with Gasteiger partial charge in [-0.25, -0.2) is 4.39 Å². The van der Waals surface area contributed by atoms with Gasteiger partial charge in [-0.2, -0.15) is 9.65 Å². The second-order valence-corrected chi connectivity index (χ2v) is 6.66. The van der Waals surface area contributed by atoms with Gasteiger partial charge in [0, 0.05) is 0 Å². The zero-order valence-electron chi connectivity index (χ0n) is 14.1. The summed E-state index contributed by atoms with van der Waals surface area (Å²) in [6.07, 6.45) is 14.4. The lowest BCUT2D eigenvalue weighted by Crippen LogP contribution is -2.13. The molecule has 1 saturated carbocycles. The minimum atomic E-state index is -0.735. The third kappa shape index (κ3) is 6.66. The Morgan fingerprint density at radius 1 is 1.12 bits per heavy atom. The van der Waals surface area contributed by atoms with E-state index in [1.807, 2.05) is 18.2 Å². The molecular weight excluding hydrogens is 304 g/mol. The zero-order valence-corrected chi connectivity index (χ0v) is 14.1. The average Bonchev–Trinajstić information content (AvgIpc) is 2.61. The highest BCUT2D eigenvalue weighted by Gasteiger charge is 2.18. The molecule has 1 nitrogen and oxygen atoms in total. The molecule has 0 radical (unpaired) electrons. The van der Waals surface area contributed by atoms with Gasteiger partial charge in [0.25, 0.3) is 0 Å². The first-order valence-corrected chi connectivity index (χ1v) is 8.86. The zero-order chi connectivity index (χ0) is 17.2. The molecule has 0 bridgehead atoms. The first-order chi connectivity index (χ1) is 11.7. The molecule has 3 heteroatoms. The molecule has 0 heterocycles. The lowest BCUT2D eigenvalue weighted by Gasteiger charge is -2.26. The standard InChI is InChI=1S/C21H25F2N/c22-20-14-12-18(13-15-20)5-2-1-4-17-8-10-19(11-9-17)6-3-7-21(23)16-24/h3,6-7,12-15,17,19H,1-2,4-5,8-11H2. The first kappa shape index (κ1) is 18.4. The summed E-state index contributed by atoms with van der Waals surface area (Å²) in [6, 6.07) is 8.28. The molecular formula is C21H25F2N. The van der Waals surface area contributed by atoms with E-state index in [0.717, 1.165) is 31.6 Å². The number of aryl methyl sites for hydroxylation is 1. The summed E-state index contributed by atoms with van der Waals surface area (Å²) in [5.74, 6) is 0.411. The van der Waals surface area contributed by atoms with Crippen LogP contribution in [0.4, 0.5) is 8.78 Å². The summed E-state index contributed by atoms with van der Waals surface area (Å²) >= 11 is 0. The molecule has 24 heavy (non-hydrogen) atoms. The average molecular weight is 329 g/mol. The van der Waals surface area contributed by atoms with Crippen molar-refractivity contribution in [3.05, 3.63) is 59.7 Å². The Balaban J connectivity index is 1.59. The summed E-state index contributed by atoms with van der Waals surface area (Å²) in [5.41, 5.74) is 1.21. The molecule has 128 valence electrons. The van der Waals surface area contributed by atoms with Crippen molar-refractivity contribution in [3.8, 4) is 6.07 Å². The normalized spacial score (nSPS) is 21.8. The Kier molecular flexibility index (Phi) is 7.68. The van der Waals surface area contributed by atoms with Crippen molar-refractivity contribution in [2.45, 2.75) is 51.4 Å². The van der Waals surface area contributed by atoms with E-state index in [1.54, 1.807) is 6.08 Å². The number of benzene rings is 1. The molecule has 1 aromatic carbocycles. The Hall–Kier alpha value is -1.95. The third-order valence-electron chi connectivity index (χ3n) is 4.87. The highest BCUT2D eigenvalue weighted by Crippen LogP contribution is 2.32. The monoisotopic (exact) mass is 329 g/mol. The van der Waals surface area contributed by atoms with E-state index in [4.69, 9.17) is 5.26 Å². The fraction of sp³-hybridized carbons (Fsp3) is 0.476. The molecule has 0 unspecified atom stereocenters. The maximum Gasteiger partial charge on any atom is 0.199 e. The van der Waals surface area contributed by atoms with Gasteiger partial charge < -0.3 is 0 Å². The van der Waals surface area contributed by atoms with Crippen LogP contribution in [0.2, 0.25) is 0 Å². The lowest BCUT2D eigenvalue weighted by molar-refractivity contribution is 0.289. The minimum absolute atomic E-state index is 0.171. The van der Waals surface area contributed by atoms with Crippen molar-refractivity contribution in [3.63, 3.8) is 0 Å². The fourth-order valence-corrected chi connectivity index (χ4v) is 3.42. The molecule has 0 atom stereocenters. The molecule has 0 aliphatic heterocycles. The topological polar surface area (TPSA) is 23.8 Å². The number of allylic oxidation sites excluding steroid dienone is 4. The van der Waals surface area contributed by atoms with Crippen LogP contribution in [0.15, 0.2) is 48.3 Å². The third-order valence-corrected chi connectivity index (χ3v) is 4.87. The van der Waals surface area contributed by atoms with Gasteiger partial charge >= 0.3 is 0 Å². The summed E-state index contributed by atoms with van der Waals surface area (Å²) in [5, 5.41) is 8.35. The van der Waals surface area contributed by atoms with Gasteiger partial charge in [0.1, 0.15) is 11.9 Å². The second kappa shape index (κ2) is 10.0. The second-order valence-electron chi connectivity index (χ2n) is 6.66. The van der Waals surface area contributed by atoms with Gasteiger partial charge in [-0.3, -0.25) is 0 Å². The molecule has 0 amide bonds. The van der Waals surface area contributed by atoms with Crippen molar-refractivity contribution >= 4 is 0 Å². The van der Waals surface area contributed by atoms with Crippen LogP contribution in [-0.2, 0) is 6.42 Å².